The van der Waals surface area contributed by atoms with Crippen molar-refractivity contribution in [2.75, 3.05) is 14.2 Å². The van der Waals surface area contributed by atoms with Gasteiger partial charge in [0.25, 0.3) is 0 Å². The number of para-hydroxylation sites is 1. The third-order valence-corrected chi connectivity index (χ3v) is 4.95. The fourth-order valence-corrected chi connectivity index (χ4v) is 3.60. The van der Waals surface area contributed by atoms with E-state index in [9.17, 15) is 14.0 Å². The van der Waals surface area contributed by atoms with E-state index in [1.165, 1.54) is 26.4 Å². The van der Waals surface area contributed by atoms with Gasteiger partial charge in [-0.15, -0.1) is 0 Å². The van der Waals surface area contributed by atoms with Crippen molar-refractivity contribution >= 4 is 11.9 Å². The monoisotopic (exact) mass is 439 g/mol. The minimum absolute atomic E-state index is 0.106. The van der Waals surface area contributed by atoms with E-state index in [0.29, 0.717) is 17.9 Å². The lowest BCUT2D eigenvalue weighted by atomic mass is 9.82. The van der Waals surface area contributed by atoms with Crippen LogP contribution in [-0.2, 0) is 25.6 Å². The van der Waals surface area contributed by atoms with Gasteiger partial charge in [0.15, 0.2) is 0 Å². The molecule has 2 aromatic rings. The van der Waals surface area contributed by atoms with Crippen molar-refractivity contribution in [2.24, 2.45) is 0 Å². The number of rotatable bonds is 7. The van der Waals surface area contributed by atoms with Gasteiger partial charge in [0.1, 0.15) is 11.6 Å². The maximum Gasteiger partial charge on any atom is 0.336 e. The van der Waals surface area contributed by atoms with Gasteiger partial charge in [-0.25, -0.2) is 14.0 Å². The van der Waals surface area contributed by atoms with Crippen molar-refractivity contribution in [2.45, 2.75) is 32.4 Å². The number of benzene rings is 2. The van der Waals surface area contributed by atoms with Gasteiger partial charge in [0.2, 0.25) is 0 Å². The van der Waals surface area contributed by atoms with Crippen molar-refractivity contribution in [3.8, 4) is 5.75 Å². The molecule has 3 rings (SSSR count). The molecule has 1 aliphatic heterocycles. The summed E-state index contributed by atoms with van der Waals surface area (Å²) >= 11 is 0. The summed E-state index contributed by atoms with van der Waals surface area (Å²) in [6, 6.07) is 13.3. The molecule has 7 heteroatoms. The Kier molecular flexibility index (Phi) is 7.30. The summed E-state index contributed by atoms with van der Waals surface area (Å²) in [5.74, 6) is -1.68. The standard InChI is InChI=1S/C25H26FNO5/c1-16(2)32-22-8-6-5-7-19(22)23-20(24(28)30-3)14-27(15-21(23)25(29)31-4)13-17-9-11-18(26)12-10-17/h5-12,14-16,23H,13H2,1-4H3. The summed E-state index contributed by atoms with van der Waals surface area (Å²) in [5.41, 5.74) is 1.97. The summed E-state index contributed by atoms with van der Waals surface area (Å²) in [5, 5.41) is 0. The second-order valence-electron chi connectivity index (χ2n) is 7.59. The summed E-state index contributed by atoms with van der Waals surface area (Å²) < 4.78 is 29.3. The third-order valence-electron chi connectivity index (χ3n) is 4.95. The van der Waals surface area contributed by atoms with Crippen LogP contribution in [0.3, 0.4) is 0 Å². The van der Waals surface area contributed by atoms with Crippen LogP contribution in [0.4, 0.5) is 4.39 Å². The molecular formula is C25H26FNO5. The van der Waals surface area contributed by atoms with E-state index in [1.54, 1.807) is 35.5 Å². The molecule has 0 fully saturated rings. The smallest absolute Gasteiger partial charge is 0.336 e. The van der Waals surface area contributed by atoms with Crippen molar-refractivity contribution in [1.29, 1.82) is 0 Å². The fourth-order valence-electron chi connectivity index (χ4n) is 3.60. The Morgan fingerprint density at radius 1 is 0.938 bits per heavy atom. The van der Waals surface area contributed by atoms with Crippen LogP contribution in [0.15, 0.2) is 72.1 Å². The minimum atomic E-state index is -0.741. The van der Waals surface area contributed by atoms with E-state index in [-0.39, 0.29) is 23.1 Å². The number of carbonyl (C=O) groups is 2. The normalized spacial score (nSPS) is 14.0. The van der Waals surface area contributed by atoms with Crippen molar-refractivity contribution < 1.29 is 28.2 Å². The quantitative estimate of drug-likeness (QED) is 0.599. The molecule has 168 valence electrons. The second-order valence-corrected chi connectivity index (χ2v) is 7.59. The predicted octanol–water partition coefficient (Wildman–Crippen LogP) is 4.33. The van der Waals surface area contributed by atoms with Gasteiger partial charge in [-0.05, 0) is 37.6 Å². The van der Waals surface area contributed by atoms with E-state index < -0.39 is 17.9 Å². The Morgan fingerprint density at radius 2 is 1.50 bits per heavy atom. The van der Waals surface area contributed by atoms with Crippen LogP contribution in [0.2, 0.25) is 0 Å². The number of esters is 2. The highest BCUT2D eigenvalue weighted by Gasteiger charge is 2.36. The molecule has 0 amide bonds. The number of hydrogen-bond donors (Lipinski definition) is 0. The highest BCUT2D eigenvalue weighted by Crippen LogP contribution is 2.41. The van der Waals surface area contributed by atoms with Gasteiger partial charge < -0.3 is 19.1 Å². The van der Waals surface area contributed by atoms with E-state index in [1.807, 2.05) is 32.0 Å². The second kappa shape index (κ2) is 10.1. The van der Waals surface area contributed by atoms with Crippen LogP contribution in [0.5, 0.6) is 5.75 Å². The molecule has 2 aromatic carbocycles. The highest BCUT2D eigenvalue weighted by atomic mass is 19.1. The van der Waals surface area contributed by atoms with E-state index in [4.69, 9.17) is 14.2 Å². The predicted molar refractivity (Wildman–Crippen MR) is 117 cm³/mol. The fraction of sp³-hybridized carbons (Fsp3) is 0.280. The molecule has 1 heterocycles. The molecule has 0 saturated carbocycles. The first-order valence-electron chi connectivity index (χ1n) is 10.2. The zero-order valence-electron chi connectivity index (χ0n) is 18.5. The molecule has 0 aliphatic carbocycles. The average molecular weight is 439 g/mol. The van der Waals surface area contributed by atoms with Gasteiger partial charge >= 0.3 is 11.9 Å². The van der Waals surface area contributed by atoms with Crippen LogP contribution in [0.25, 0.3) is 0 Å². The van der Waals surface area contributed by atoms with Crippen LogP contribution in [-0.4, -0.2) is 37.2 Å². The lowest BCUT2D eigenvalue weighted by Gasteiger charge is -2.31. The van der Waals surface area contributed by atoms with Crippen LogP contribution in [0, 0.1) is 5.82 Å². The summed E-state index contributed by atoms with van der Waals surface area (Å²) in [6.45, 7) is 4.12. The van der Waals surface area contributed by atoms with E-state index in [0.717, 1.165) is 5.56 Å². The Hall–Kier alpha value is -3.61. The number of hydrogen-bond acceptors (Lipinski definition) is 6. The number of carbonyl (C=O) groups excluding carboxylic acids is 2. The average Bonchev–Trinajstić information content (AvgIpc) is 2.79. The molecule has 0 unspecified atom stereocenters. The molecular weight excluding hydrogens is 413 g/mol. The van der Waals surface area contributed by atoms with Crippen LogP contribution >= 0.6 is 0 Å². The summed E-state index contributed by atoms with van der Waals surface area (Å²) in [6.07, 6.45) is 3.17. The minimum Gasteiger partial charge on any atom is -0.491 e. The first-order valence-corrected chi connectivity index (χ1v) is 10.2. The first kappa shape index (κ1) is 23.1. The molecule has 32 heavy (non-hydrogen) atoms. The van der Waals surface area contributed by atoms with Crippen molar-refractivity contribution in [3.63, 3.8) is 0 Å². The van der Waals surface area contributed by atoms with Gasteiger partial charge in [0.05, 0.1) is 37.4 Å². The van der Waals surface area contributed by atoms with E-state index >= 15 is 0 Å². The van der Waals surface area contributed by atoms with Gasteiger partial charge in [-0.2, -0.15) is 0 Å². The molecule has 6 nitrogen and oxygen atoms in total. The summed E-state index contributed by atoms with van der Waals surface area (Å²) in [7, 11) is 2.58. The number of halogens is 1. The van der Waals surface area contributed by atoms with Crippen LogP contribution in [0.1, 0.15) is 30.9 Å². The molecule has 0 radical (unpaired) electrons. The Bertz CT molecular complexity index is 1010. The first-order chi connectivity index (χ1) is 15.3. The number of methoxy groups -OCH3 is 2. The maximum absolute atomic E-state index is 13.3. The topological polar surface area (TPSA) is 65.1 Å². The van der Waals surface area contributed by atoms with E-state index in [2.05, 4.69) is 0 Å². The molecule has 0 N–H and O–H groups in total. The Morgan fingerprint density at radius 3 is 2.03 bits per heavy atom. The SMILES string of the molecule is COC(=O)C1=CN(Cc2ccc(F)cc2)C=C(C(=O)OC)C1c1ccccc1OC(C)C. The van der Waals surface area contributed by atoms with Gasteiger partial charge in [-0.1, -0.05) is 30.3 Å². The van der Waals surface area contributed by atoms with Gasteiger partial charge in [-0.3, -0.25) is 0 Å². The molecule has 0 aromatic heterocycles. The van der Waals surface area contributed by atoms with Crippen molar-refractivity contribution in [3.05, 3.63) is 89.0 Å². The molecule has 1 aliphatic rings. The maximum atomic E-state index is 13.3. The molecule has 0 saturated heterocycles. The zero-order valence-corrected chi connectivity index (χ0v) is 18.5. The highest BCUT2D eigenvalue weighted by molar-refractivity contribution is 5.98. The lowest BCUT2D eigenvalue weighted by Crippen LogP contribution is -2.29. The Labute approximate surface area is 186 Å². The molecule has 0 atom stereocenters. The number of ether oxygens (including phenoxy) is 3. The molecule has 0 bridgehead atoms. The third kappa shape index (κ3) is 5.17. The number of nitrogens with zero attached hydrogens (tertiary/aromatic N) is 1. The summed E-state index contributed by atoms with van der Waals surface area (Å²) in [4.78, 5) is 27.3. The largest absolute Gasteiger partial charge is 0.491 e. The zero-order chi connectivity index (χ0) is 23.3. The van der Waals surface area contributed by atoms with Crippen molar-refractivity contribution in [1.82, 2.24) is 4.90 Å². The lowest BCUT2D eigenvalue weighted by molar-refractivity contribution is -0.137. The molecule has 0 spiro atoms. The van der Waals surface area contributed by atoms with Gasteiger partial charge in [0, 0.05) is 24.5 Å². The Balaban J connectivity index is 2.11. The van der Waals surface area contributed by atoms with Crippen LogP contribution < -0.4 is 4.74 Å².